The molecule has 3 heterocycles. The van der Waals surface area contributed by atoms with Crippen LogP contribution in [0, 0.1) is 11.3 Å². The van der Waals surface area contributed by atoms with Crippen LogP contribution < -0.4 is 16.4 Å². The molecule has 0 saturated carbocycles. The third-order valence-corrected chi connectivity index (χ3v) is 4.31. The molecule has 0 bridgehead atoms. The highest BCUT2D eigenvalue weighted by Crippen LogP contribution is 2.24. The minimum Gasteiger partial charge on any atom is -0.382 e. The van der Waals surface area contributed by atoms with Crippen LogP contribution in [0.25, 0.3) is 11.1 Å². The van der Waals surface area contributed by atoms with Crippen LogP contribution in [-0.2, 0) is 13.5 Å². The van der Waals surface area contributed by atoms with Crippen LogP contribution in [0.15, 0.2) is 43.0 Å². The van der Waals surface area contributed by atoms with Crippen molar-refractivity contribution in [2.75, 3.05) is 30.7 Å². The number of aryl methyl sites for hydroxylation is 1. The maximum atomic E-state index is 8.77. The van der Waals surface area contributed by atoms with E-state index in [1.165, 1.54) is 0 Å². The van der Waals surface area contributed by atoms with E-state index in [4.69, 9.17) is 11.0 Å². The Hall–Kier alpha value is -3.44. The highest BCUT2D eigenvalue weighted by atomic mass is 15.2. The van der Waals surface area contributed by atoms with Crippen molar-refractivity contribution in [1.29, 1.82) is 5.26 Å². The molecule has 0 unspecified atom stereocenters. The molecule has 0 fully saturated rings. The Kier molecular flexibility index (Phi) is 6.54. The standard InChI is InChI=1S/C20H24N8/c1-28-14-17(13-27-28)16-9-19(20(22)26-12-16)24-7-2-6-23-8-5-18-4-3-15(10-21)11-25-18/h3-4,9,11-14,23-24H,2,5-8H2,1H3,(H2,22,26). The number of hydrogen-bond acceptors (Lipinski definition) is 7. The second kappa shape index (κ2) is 9.48. The molecule has 0 aliphatic carbocycles. The van der Waals surface area contributed by atoms with Crippen molar-refractivity contribution in [3.63, 3.8) is 0 Å². The van der Waals surface area contributed by atoms with Gasteiger partial charge in [-0.3, -0.25) is 9.67 Å². The van der Waals surface area contributed by atoms with Gasteiger partial charge in [0, 0.05) is 62.0 Å². The summed E-state index contributed by atoms with van der Waals surface area (Å²) in [7, 11) is 1.89. The average molecular weight is 376 g/mol. The first kappa shape index (κ1) is 19.3. The molecule has 0 radical (unpaired) electrons. The molecule has 0 atom stereocenters. The molecule has 4 N–H and O–H groups in total. The lowest BCUT2D eigenvalue weighted by atomic mass is 10.1. The molecule has 0 aliphatic rings. The van der Waals surface area contributed by atoms with Gasteiger partial charge in [-0.15, -0.1) is 0 Å². The van der Waals surface area contributed by atoms with Crippen LogP contribution in [-0.4, -0.2) is 39.4 Å². The molecule has 0 amide bonds. The van der Waals surface area contributed by atoms with Crippen molar-refractivity contribution in [3.05, 3.63) is 54.2 Å². The first-order valence-corrected chi connectivity index (χ1v) is 9.20. The fourth-order valence-electron chi connectivity index (χ4n) is 2.76. The summed E-state index contributed by atoms with van der Waals surface area (Å²) in [5.74, 6) is 0.493. The van der Waals surface area contributed by atoms with Gasteiger partial charge in [0.2, 0.25) is 0 Å². The van der Waals surface area contributed by atoms with Gasteiger partial charge in [0.1, 0.15) is 11.9 Å². The monoisotopic (exact) mass is 376 g/mol. The van der Waals surface area contributed by atoms with Gasteiger partial charge >= 0.3 is 0 Å². The van der Waals surface area contributed by atoms with Gasteiger partial charge in [-0.05, 0) is 31.2 Å². The third kappa shape index (κ3) is 5.28. The Morgan fingerprint density at radius 1 is 1.11 bits per heavy atom. The van der Waals surface area contributed by atoms with Crippen molar-refractivity contribution in [1.82, 2.24) is 25.1 Å². The van der Waals surface area contributed by atoms with E-state index < -0.39 is 0 Å². The van der Waals surface area contributed by atoms with Gasteiger partial charge in [0.05, 0.1) is 17.4 Å². The van der Waals surface area contributed by atoms with Crippen molar-refractivity contribution in [2.24, 2.45) is 7.05 Å². The van der Waals surface area contributed by atoms with E-state index in [2.05, 4.69) is 31.8 Å². The average Bonchev–Trinajstić information content (AvgIpc) is 3.15. The molecular weight excluding hydrogens is 352 g/mol. The predicted octanol–water partition coefficient (Wildman–Crippen LogP) is 1.97. The number of anilines is 2. The minimum absolute atomic E-state index is 0.493. The first-order valence-electron chi connectivity index (χ1n) is 9.20. The van der Waals surface area contributed by atoms with Crippen molar-refractivity contribution in [3.8, 4) is 17.2 Å². The van der Waals surface area contributed by atoms with Crippen molar-refractivity contribution in [2.45, 2.75) is 12.8 Å². The Labute approximate surface area is 164 Å². The highest BCUT2D eigenvalue weighted by molar-refractivity contribution is 5.72. The summed E-state index contributed by atoms with van der Waals surface area (Å²) in [6.45, 7) is 2.53. The predicted molar refractivity (Wildman–Crippen MR) is 109 cm³/mol. The lowest BCUT2D eigenvalue weighted by Crippen LogP contribution is -2.21. The molecular formula is C20H24N8. The van der Waals surface area contributed by atoms with Gasteiger partial charge in [0.25, 0.3) is 0 Å². The number of nitrogens with one attached hydrogen (secondary N) is 2. The topological polar surface area (TPSA) is 117 Å². The van der Waals surface area contributed by atoms with Gasteiger partial charge in [-0.25, -0.2) is 4.98 Å². The van der Waals surface area contributed by atoms with E-state index in [0.717, 1.165) is 55.0 Å². The van der Waals surface area contributed by atoms with Gasteiger partial charge in [-0.1, -0.05) is 0 Å². The normalized spacial score (nSPS) is 10.6. The molecule has 3 aromatic heterocycles. The van der Waals surface area contributed by atoms with E-state index >= 15 is 0 Å². The smallest absolute Gasteiger partial charge is 0.146 e. The number of rotatable bonds is 9. The second-order valence-electron chi connectivity index (χ2n) is 6.49. The summed E-state index contributed by atoms with van der Waals surface area (Å²) in [6.07, 6.45) is 8.92. The Bertz CT molecular complexity index is 940. The fourth-order valence-corrected chi connectivity index (χ4v) is 2.76. The lowest BCUT2D eigenvalue weighted by Gasteiger charge is -2.10. The van der Waals surface area contributed by atoms with E-state index in [1.807, 2.05) is 31.6 Å². The molecule has 28 heavy (non-hydrogen) atoms. The SMILES string of the molecule is Cn1cc(-c2cnc(N)c(NCCCNCCc3ccc(C#N)cn3)c2)cn1. The maximum absolute atomic E-state index is 8.77. The number of aromatic nitrogens is 4. The fraction of sp³-hybridized carbons (Fsp3) is 0.300. The Morgan fingerprint density at radius 3 is 2.71 bits per heavy atom. The zero-order valence-corrected chi connectivity index (χ0v) is 15.9. The Morgan fingerprint density at radius 2 is 2.00 bits per heavy atom. The second-order valence-corrected chi connectivity index (χ2v) is 6.49. The summed E-state index contributed by atoms with van der Waals surface area (Å²) in [5, 5.41) is 19.7. The summed E-state index contributed by atoms with van der Waals surface area (Å²) in [6, 6.07) is 7.77. The van der Waals surface area contributed by atoms with E-state index in [9.17, 15) is 0 Å². The number of pyridine rings is 2. The minimum atomic E-state index is 0.493. The van der Waals surface area contributed by atoms with Crippen LogP contribution in [0.3, 0.4) is 0 Å². The number of nitrogens with two attached hydrogens (primary N) is 1. The molecule has 0 spiro atoms. The van der Waals surface area contributed by atoms with Crippen molar-refractivity contribution >= 4 is 11.5 Å². The van der Waals surface area contributed by atoms with Crippen LogP contribution in [0.5, 0.6) is 0 Å². The van der Waals surface area contributed by atoms with Gasteiger partial charge in [0.15, 0.2) is 0 Å². The molecule has 3 rings (SSSR count). The number of nitrogen functional groups attached to an aromatic ring is 1. The summed E-state index contributed by atoms with van der Waals surface area (Å²) < 4.78 is 1.76. The molecule has 0 aliphatic heterocycles. The zero-order valence-electron chi connectivity index (χ0n) is 15.9. The summed E-state index contributed by atoms with van der Waals surface area (Å²) >= 11 is 0. The van der Waals surface area contributed by atoms with E-state index in [-0.39, 0.29) is 0 Å². The number of nitrogens with zero attached hydrogens (tertiary/aromatic N) is 5. The first-order chi connectivity index (χ1) is 13.7. The van der Waals surface area contributed by atoms with Gasteiger partial charge < -0.3 is 16.4 Å². The third-order valence-electron chi connectivity index (χ3n) is 4.31. The molecule has 144 valence electrons. The molecule has 0 saturated heterocycles. The molecule has 8 nitrogen and oxygen atoms in total. The molecule has 3 aromatic rings. The van der Waals surface area contributed by atoms with Gasteiger partial charge in [-0.2, -0.15) is 10.4 Å². The van der Waals surface area contributed by atoms with Crippen molar-refractivity contribution < 1.29 is 0 Å². The number of hydrogen-bond donors (Lipinski definition) is 3. The summed E-state index contributed by atoms with van der Waals surface area (Å²) in [5.41, 5.74) is 10.4. The number of nitriles is 1. The maximum Gasteiger partial charge on any atom is 0.146 e. The highest BCUT2D eigenvalue weighted by Gasteiger charge is 2.06. The van der Waals surface area contributed by atoms with Crippen LogP contribution in [0.2, 0.25) is 0 Å². The van der Waals surface area contributed by atoms with Crippen LogP contribution in [0.4, 0.5) is 11.5 Å². The quantitative estimate of drug-likeness (QED) is 0.489. The van der Waals surface area contributed by atoms with Crippen LogP contribution >= 0.6 is 0 Å². The van der Waals surface area contributed by atoms with Crippen LogP contribution in [0.1, 0.15) is 17.7 Å². The lowest BCUT2D eigenvalue weighted by molar-refractivity contribution is 0.655. The van der Waals surface area contributed by atoms with E-state index in [1.54, 1.807) is 23.1 Å². The largest absolute Gasteiger partial charge is 0.382 e. The Balaban J connectivity index is 1.38. The molecule has 0 aromatic carbocycles. The summed E-state index contributed by atoms with van der Waals surface area (Å²) in [4.78, 5) is 8.54. The molecule has 8 heteroatoms. The zero-order chi connectivity index (χ0) is 19.8. The van der Waals surface area contributed by atoms with E-state index in [0.29, 0.717) is 11.4 Å².